The van der Waals surface area contributed by atoms with Crippen molar-refractivity contribution in [3.05, 3.63) is 48.6 Å². The molecule has 1 fully saturated rings. The number of unbranched alkanes of at least 4 members (excludes halogenated alkanes) is 10. The van der Waals surface area contributed by atoms with Crippen LogP contribution in [-0.4, -0.2) is 69.2 Å². The van der Waals surface area contributed by atoms with Crippen LogP contribution in [0.15, 0.2) is 43.0 Å². The lowest BCUT2D eigenvalue weighted by Crippen LogP contribution is -2.57. The van der Waals surface area contributed by atoms with Crippen LogP contribution in [0.4, 0.5) is 0 Å². The summed E-state index contributed by atoms with van der Waals surface area (Å²) in [4.78, 5) is 40.4. The molecule has 2 rings (SSSR count). The van der Waals surface area contributed by atoms with Gasteiger partial charge in [0, 0.05) is 5.92 Å². The summed E-state index contributed by atoms with van der Waals surface area (Å²) in [6.07, 6.45) is 14.9. The monoisotopic (exact) mass is 773 g/mol. The Labute approximate surface area is 329 Å². The van der Waals surface area contributed by atoms with Crippen molar-refractivity contribution in [1.82, 2.24) is 10.6 Å². The van der Waals surface area contributed by atoms with Crippen molar-refractivity contribution in [2.75, 3.05) is 6.61 Å². The number of nitrogens with one attached hydrogen (secondary N) is 2. The third-order valence-electron chi connectivity index (χ3n) is 11.2. The molecule has 0 radical (unpaired) electrons. The third kappa shape index (κ3) is 16.7. The Hall–Kier alpha value is -2.53. The summed E-state index contributed by atoms with van der Waals surface area (Å²) in [5, 5.41) is 5.80. The lowest BCUT2D eigenvalue weighted by molar-refractivity contribution is -0.152. The van der Waals surface area contributed by atoms with Crippen molar-refractivity contribution in [2.24, 2.45) is 11.8 Å². The average Bonchev–Trinajstić information content (AvgIpc) is 3.93. The van der Waals surface area contributed by atoms with E-state index in [9.17, 15) is 14.4 Å². The fourth-order valence-corrected chi connectivity index (χ4v) is 7.89. The molecule has 0 bridgehead atoms. The van der Waals surface area contributed by atoms with E-state index < -0.39 is 44.5 Å². The van der Waals surface area contributed by atoms with Gasteiger partial charge in [-0.05, 0) is 43.0 Å². The molecule has 2 N–H and O–H groups in total. The highest BCUT2D eigenvalue weighted by molar-refractivity contribution is 6.74. The number of rotatable bonds is 28. The lowest BCUT2D eigenvalue weighted by atomic mass is 9.93. The molecule has 54 heavy (non-hydrogen) atoms. The minimum absolute atomic E-state index is 0.00106. The van der Waals surface area contributed by atoms with Crippen LogP contribution in [0.5, 0.6) is 0 Å². The number of esters is 1. The normalized spacial score (nSPS) is 18.6. The molecule has 1 aromatic rings. The van der Waals surface area contributed by atoms with E-state index in [2.05, 4.69) is 64.9 Å². The zero-order valence-corrected chi connectivity index (χ0v) is 36.5. The fraction of sp³-hybridized carbons (Fsp3) is 0.750. The van der Waals surface area contributed by atoms with Gasteiger partial charge < -0.3 is 29.3 Å². The van der Waals surface area contributed by atoms with Gasteiger partial charge >= 0.3 is 5.97 Å². The quantitative estimate of drug-likeness (QED) is 0.0287. The van der Waals surface area contributed by atoms with Gasteiger partial charge in [-0.2, -0.15) is 0 Å². The van der Waals surface area contributed by atoms with Gasteiger partial charge in [0.1, 0.15) is 12.6 Å². The molecule has 9 nitrogen and oxygen atoms in total. The first-order chi connectivity index (χ1) is 25.5. The predicted octanol–water partition coefficient (Wildman–Crippen LogP) is 9.44. The summed E-state index contributed by atoms with van der Waals surface area (Å²) in [6, 6.07) is 7.60. The Morgan fingerprint density at radius 1 is 0.870 bits per heavy atom. The number of carbonyl (C=O) groups is 3. The van der Waals surface area contributed by atoms with E-state index in [0.717, 1.165) is 18.4 Å². The number of ether oxygens (including phenoxy) is 3. The zero-order valence-electron chi connectivity index (χ0n) is 35.5. The van der Waals surface area contributed by atoms with Crippen LogP contribution in [0.3, 0.4) is 0 Å². The number of carbonyl (C=O) groups excluding carboxylic acids is 3. The molecule has 7 atom stereocenters. The van der Waals surface area contributed by atoms with Crippen molar-refractivity contribution in [2.45, 2.75) is 194 Å². The average molecular weight is 773 g/mol. The minimum Gasteiger partial charge on any atom is -0.460 e. The highest BCUT2D eigenvalue weighted by Crippen LogP contribution is 2.41. The van der Waals surface area contributed by atoms with Crippen LogP contribution >= 0.6 is 0 Å². The van der Waals surface area contributed by atoms with Gasteiger partial charge in [-0.25, -0.2) is 4.79 Å². The van der Waals surface area contributed by atoms with Crippen molar-refractivity contribution >= 4 is 26.1 Å². The Morgan fingerprint density at radius 3 is 1.98 bits per heavy atom. The molecule has 1 aliphatic rings. The molecule has 1 aromatic carbocycles. The van der Waals surface area contributed by atoms with Crippen molar-refractivity contribution in [3.63, 3.8) is 0 Å². The molecular formula is C44H76N2O7Si. The SMILES string of the molecule is C=CCOC(=O)[C@@H](NC(=O)[C@@H](NC(=O)[C@H]1O[C@@H]1[C@@H](C)[C@@H](CCCCCCCCCCCCC)O[Si](C)(C)C(C)(C)C)C(C)C)[C@@H](C)OCc1ccccc1. The molecule has 1 saturated heterocycles. The molecule has 1 heterocycles. The van der Waals surface area contributed by atoms with E-state index in [4.69, 9.17) is 18.6 Å². The molecule has 2 amide bonds. The smallest absolute Gasteiger partial charge is 0.331 e. The molecule has 0 aromatic heterocycles. The van der Waals surface area contributed by atoms with E-state index in [1.165, 1.54) is 70.3 Å². The van der Waals surface area contributed by atoms with Crippen molar-refractivity contribution in [1.29, 1.82) is 0 Å². The summed E-state index contributed by atoms with van der Waals surface area (Å²) in [5.74, 6) is -1.71. The maximum atomic E-state index is 13.7. The van der Waals surface area contributed by atoms with Gasteiger partial charge in [0.05, 0.1) is 24.9 Å². The number of hydrogen-bond acceptors (Lipinski definition) is 7. The fourth-order valence-electron chi connectivity index (χ4n) is 6.45. The highest BCUT2D eigenvalue weighted by Gasteiger charge is 2.52. The van der Waals surface area contributed by atoms with Crippen LogP contribution < -0.4 is 10.6 Å². The van der Waals surface area contributed by atoms with Crippen LogP contribution in [0.1, 0.15) is 138 Å². The number of benzene rings is 1. The second-order valence-corrected chi connectivity index (χ2v) is 22.0. The Kier molecular flexibility index (Phi) is 21.3. The van der Waals surface area contributed by atoms with E-state index in [1.807, 2.05) is 44.2 Å². The Morgan fingerprint density at radius 2 is 1.44 bits per heavy atom. The summed E-state index contributed by atoms with van der Waals surface area (Å²) < 4.78 is 24.4. The van der Waals surface area contributed by atoms with Crippen LogP contribution in [0.25, 0.3) is 0 Å². The predicted molar refractivity (Wildman–Crippen MR) is 222 cm³/mol. The minimum atomic E-state index is -2.09. The summed E-state index contributed by atoms with van der Waals surface area (Å²) in [6.45, 7) is 25.0. The Balaban J connectivity index is 2.02. The summed E-state index contributed by atoms with van der Waals surface area (Å²) in [7, 11) is -2.09. The van der Waals surface area contributed by atoms with Gasteiger partial charge in [-0.15, -0.1) is 0 Å². The zero-order chi connectivity index (χ0) is 40.3. The second-order valence-electron chi connectivity index (χ2n) is 17.3. The van der Waals surface area contributed by atoms with E-state index in [1.54, 1.807) is 6.92 Å². The largest absolute Gasteiger partial charge is 0.460 e. The van der Waals surface area contributed by atoms with Crippen molar-refractivity contribution < 1.29 is 33.0 Å². The first-order valence-electron chi connectivity index (χ1n) is 20.9. The molecule has 1 aliphatic heterocycles. The van der Waals surface area contributed by atoms with Gasteiger partial charge in [0.15, 0.2) is 20.5 Å². The van der Waals surface area contributed by atoms with Gasteiger partial charge in [0.25, 0.3) is 5.91 Å². The Bertz CT molecular complexity index is 1250. The number of amides is 2. The van der Waals surface area contributed by atoms with E-state index >= 15 is 0 Å². The molecule has 0 spiro atoms. The molecule has 0 aliphatic carbocycles. The number of hydrogen-bond donors (Lipinski definition) is 2. The standard InChI is InChI=1S/C44H76N2O7Si/c1-12-14-15-16-17-18-19-20-21-22-26-29-36(53-54(10,11)44(7,8)9)33(5)39-40(52-39)42(48)45-37(32(3)4)41(47)46-38(43(49)50-30-13-2)34(6)51-31-35-27-24-23-25-28-35/h13,23-25,27-28,32-34,36-40H,2,12,14-22,26,29-31H2,1,3-11H3,(H,45,48)(H,46,47)/t33-,34+,36+,37-,38-,39+,40-/m0/s1. The number of epoxide rings is 1. The van der Waals surface area contributed by atoms with E-state index in [0.29, 0.717) is 0 Å². The van der Waals surface area contributed by atoms with Crippen LogP contribution in [0, 0.1) is 11.8 Å². The van der Waals surface area contributed by atoms with Crippen LogP contribution in [0.2, 0.25) is 18.1 Å². The molecule has 0 unspecified atom stereocenters. The molecule has 0 saturated carbocycles. The first-order valence-corrected chi connectivity index (χ1v) is 23.8. The lowest BCUT2D eigenvalue weighted by Gasteiger charge is -2.41. The van der Waals surface area contributed by atoms with Crippen LogP contribution in [-0.2, 0) is 39.6 Å². The summed E-state index contributed by atoms with van der Waals surface area (Å²) >= 11 is 0. The third-order valence-corrected chi connectivity index (χ3v) is 15.7. The van der Waals surface area contributed by atoms with Gasteiger partial charge in [-0.1, -0.05) is 162 Å². The second kappa shape index (κ2) is 24.2. The maximum absolute atomic E-state index is 13.7. The van der Waals surface area contributed by atoms with Crippen molar-refractivity contribution in [3.8, 4) is 0 Å². The van der Waals surface area contributed by atoms with E-state index in [-0.39, 0.29) is 48.2 Å². The van der Waals surface area contributed by atoms with Gasteiger partial charge in [0.2, 0.25) is 5.91 Å². The molecular weight excluding hydrogens is 697 g/mol. The summed E-state index contributed by atoms with van der Waals surface area (Å²) in [5.41, 5.74) is 0.935. The molecule has 308 valence electrons. The van der Waals surface area contributed by atoms with Gasteiger partial charge in [-0.3, -0.25) is 9.59 Å². The molecule has 10 heteroatoms. The maximum Gasteiger partial charge on any atom is 0.331 e. The topological polar surface area (TPSA) is 115 Å². The highest BCUT2D eigenvalue weighted by atomic mass is 28.4. The first kappa shape index (κ1) is 47.6.